The number of aromatic carboxylic acids is 1. The maximum atomic E-state index is 13.3. The van der Waals surface area contributed by atoms with Gasteiger partial charge in [-0.25, -0.2) is 18.0 Å². The van der Waals surface area contributed by atoms with Gasteiger partial charge in [0.15, 0.2) is 23.3 Å². The molecule has 2 rings (SSSR count). The van der Waals surface area contributed by atoms with Crippen LogP contribution in [0, 0.1) is 17.5 Å². The van der Waals surface area contributed by atoms with Crippen LogP contribution in [0.3, 0.4) is 0 Å². The smallest absolute Gasteiger partial charge is 0.371 e. The number of benzene rings is 1. The maximum absolute atomic E-state index is 13.3. The Kier molecular flexibility index (Phi) is 2.97. The van der Waals surface area contributed by atoms with Gasteiger partial charge in [0.05, 0.1) is 5.69 Å². The molecule has 0 spiro atoms. The average Bonchev–Trinajstić information content (AvgIpc) is 2.79. The molecule has 1 aromatic heterocycles. The highest BCUT2D eigenvalue weighted by molar-refractivity contribution is 5.85. The predicted octanol–water partition coefficient (Wildman–Crippen LogP) is 3.14. The second kappa shape index (κ2) is 4.44. The van der Waals surface area contributed by atoms with Crippen molar-refractivity contribution in [2.75, 3.05) is 5.32 Å². The van der Waals surface area contributed by atoms with Crippen molar-refractivity contribution < 1.29 is 27.5 Å². The summed E-state index contributed by atoms with van der Waals surface area (Å²) in [6.45, 7) is 0. The SMILES string of the molecule is O=C(O)c1ccc(Nc2ccc(F)c(F)c2F)o1. The number of hydrogen-bond donors (Lipinski definition) is 2. The van der Waals surface area contributed by atoms with Crippen LogP contribution in [0.2, 0.25) is 0 Å². The molecule has 0 aliphatic heterocycles. The van der Waals surface area contributed by atoms with Crippen molar-refractivity contribution in [3.05, 3.63) is 47.5 Å². The lowest BCUT2D eigenvalue weighted by Gasteiger charge is -2.05. The first-order valence-corrected chi connectivity index (χ1v) is 4.72. The molecule has 18 heavy (non-hydrogen) atoms. The number of furan rings is 1. The Labute approximate surface area is 98.6 Å². The third kappa shape index (κ3) is 2.15. The first-order valence-electron chi connectivity index (χ1n) is 4.72. The van der Waals surface area contributed by atoms with Crippen molar-refractivity contribution >= 4 is 17.5 Å². The van der Waals surface area contributed by atoms with Gasteiger partial charge in [-0.3, -0.25) is 0 Å². The Balaban J connectivity index is 2.28. The summed E-state index contributed by atoms with van der Waals surface area (Å²) < 4.78 is 43.6. The van der Waals surface area contributed by atoms with E-state index in [2.05, 4.69) is 5.32 Å². The molecule has 7 heteroatoms. The van der Waals surface area contributed by atoms with Gasteiger partial charge >= 0.3 is 5.97 Å². The van der Waals surface area contributed by atoms with E-state index in [-0.39, 0.29) is 17.3 Å². The fraction of sp³-hybridized carbons (Fsp3) is 0. The highest BCUT2D eigenvalue weighted by atomic mass is 19.2. The fourth-order valence-corrected chi connectivity index (χ4v) is 1.28. The largest absolute Gasteiger partial charge is 0.475 e. The van der Waals surface area contributed by atoms with E-state index in [0.717, 1.165) is 18.2 Å². The first-order chi connectivity index (χ1) is 8.49. The minimum Gasteiger partial charge on any atom is -0.475 e. The van der Waals surface area contributed by atoms with Gasteiger partial charge in [0, 0.05) is 6.07 Å². The Morgan fingerprint density at radius 2 is 1.83 bits per heavy atom. The third-order valence-corrected chi connectivity index (χ3v) is 2.11. The highest BCUT2D eigenvalue weighted by Crippen LogP contribution is 2.24. The second-order valence-electron chi connectivity index (χ2n) is 3.32. The number of anilines is 2. The van der Waals surface area contributed by atoms with Crippen molar-refractivity contribution in [2.45, 2.75) is 0 Å². The zero-order chi connectivity index (χ0) is 13.3. The predicted molar refractivity (Wildman–Crippen MR) is 55.3 cm³/mol. The van der Waals surface area contributed by atoms with Gasteiger partial charge in [-0.2, -0.15) is 0 Å². The van der Waals surface area contributed by atoms with Crippen molar-refractivity contribution in [1.82, 2.24) is 0 Å². The van der Waals surface area contributed by atoms with Crippen LogP contribution >= 0.6 is 0 Å². The van der Waals surface area contributed by atoms with E-state index in [9.17, 15) is 18.0 Å². The number of nitrogens with one attached hydrogen (secondary N) is 1. The van der Waals surface area contributed by atoms with E-state index in [4.69, 9.17) is 9.52 Å². The summed E-state index contributed by atoms with van der Waals surface area (Å²) in [7, 11) is 0. The maximum Gasteiger partial charge on any atom is 0.371 e. The van der Waals surface area contributed by atoms with Crippen molar-refractivity contribution in [3.8, 4) is 0 Å². The highest BCUT2D eigenvalue weighted by Gasteiger charge is 2.15. The molecule has 2 N–H and O–H groups in total. The van der Waals surface area contributed by atoms with E-state index in [1.165, 1.54) is 6.07 Å². The van der Waals surface area contributed by atoms with Gasteiger partial charge in [-0.15, -0.1) is 0 Å². The molecule has 0 fully saturated rings. The molecule has 0 unspecified atom stereocenters. The summed E-state index contributed by atoms with van der Waals surface area (Å²) in [6.07, 6.45) is 0. The van der Waals surface area contributed by atoms with Gasteiger partial charge in [0.1, 0.15) is 0 Å². The number of hydrogen-bond acceptors (Lipinski definition) is 3. The summed E-state index contributed by atoms with van der Waals surface area (Å²) in [4.78, 5) is 10.5. The molecule has 0 bridgehead atoms. The topological polar surface area (TPSA) is 62.5 Å². The lowest BCUT2D eigenvalue weighted by atomic mass is 10.3. The molecular formula is C11H6F3NO3. The van der Waals surface area contributed by atoms with Gasteiger partial charge in [-0.05, 0) is 18.2 Å². The summed E-state index contributed by atoms with van der Waals surface area (Å²) >= 11 is 0. The molecule has 2 aromatic rings. The third-order valence-electron chi connectivity index (χ3n) is 2.11. The molecule has 94 valence electrons. The molecule has 0 aliphatic carbocycles. The van der Waals surface area contributed by atoms with Crippen LogP contribution < -0.4 is 5.32 Å². The molecule has 0 atom stereocenters. The van der Waals surface area contributed by atoms with Gasteiger partial charge in [0.2, 0.25) is 5.76 Å². The van der Waals surface area contributed by atoms with Crippen molar-refractivity contribution in [2.24, 2.45) is 0 Å². The van der Waals surface area contributed by atoms with Crippen LogP contribution in [0.15, 0.2) is 28.7 Å². The number of carboxylic acid groups (broad SMARTS) is 1. The van der Waals surface area contributed by atoms with Crippen LogP contribution in [0.4, 0.5) is 24.7 Å². The van der Waals surface area contributed by atoms with Crippen LogP contribution in [-0.2, 0) is 0 Å². The number of halogens is 3. The van der Waals surface area contributed by atoms with Crippen LogP contribution in [0.1, 0.15) is 10.6 Å². The number of carboxylic acids is 1. The van der Waals surface area contributed by atoms with Gasteiger partial charge in [0.25, 0.3) is 0 Å². The Hall–Kier alpha value is -2.44. The zero-order valence-electron chi connectivity index (χ0n) is 8.71. The molecule has 1 aromatic carbocycles. The van der Waals surface area contributed by atoms with E-state index >= 15 is 0 Å². The van der Waals surface area contributed by atoms with E-state index in [1.807, 2.05) is 0 Å². The second-order valence-corrected chi connectivity index (χ2v) is 3.32. The zero-order valence-corrected chi connectivity index (χ0v) is 8.71. The Morgan fingerprint density at radius 1 is 1.11 bits per heavy atom. The quantitative estimate of drug-likeness (QED) is 0.829. The molecule has 0 aliphatic rings. The lowest BCUT2D eigenvalue weighted by molar-refractivity contribution is 0.0663. The standard InChI is InChI=1S/C11H6F3NO3/c12-5-1-2-6(10(14)9(5)13)15-8-4-3-7(18-8)11(16)17/h1-4,15H,(H,16,17). The average molecular weight is 257 g/mol. The molecule has 0 amide bonds. The van der Waals surface area contributed by atoms with E-state index < -0.39 is 23.4 Å². The van der Waals surface area contributed by atoms with Crippen molar-refractivity contribution in [1.29, 1.82) is 0 Å². The molecular weight excluding hydrogens is 251 g/mol. The summed E-state index contributed by atoms with van der Waals surface area (Å²) in [5, 5.41) is 10.9. The Morgan fingerprint density at radius 3 is 2.44 bits per heavy atom. The molecule has 1 heterocycles. The Bertz CT molecular complexity index is 610. The summed E-state index contributed by atoms with van der Waals surface area (Å²) in [5.74, 6) is -6.11. The minimum absolute atomic E-state index is 0.0997. The summed E-state index contributed by atoms with van der Waals surface area (Å²) in [5.41, 5.74) is -0.361. The minimum atomic E-state index is -1.62. The molecule has 0 radical (unpaired) electrons. The van der Waals surface area contributed by atoms with Crippen molar-refractivity contribution in [3.63, 3.8) is 0 Å². The van der Waals surface area contributed by atoms with Crippen LogP contribution in [0.5, 0.6) is 0 Å². The summed E-state index contributed by atoms with van der Waals surface area (Å²) in [6, 6.07) is 4.07. The molecule has 4 nitrogen and oxygen atoms in total. The normalized spacial score (nSPS) is 10.4. The molecule has 0 saturated heterocycles. The number of carbonyl (C=O) groups is 1. The fourth-order valence-electron chi connectivity index (χ4n) is 1.28. The van der Waals surface area contributed by atoms with Crippen LogP contribution in [-0.4, -0.2) is 11.1 Å². The number of rotatable bonds is 3. The first kappa shape index (κ1) is 12.0. The van der Waals surface area contributed by atoms with E-state index in [0.29, 0.717) is 0 Å². The van der Waals surface area contributed by atoms with Crippen LogP contribution in [0.25, 0.3) is 0 Å². The molecule has 0 saturated carbocycles. The van der Waals surface area contributed by atoms with Gasteiger partial charge < -0.3 is 14.8 Å². The monoisotopic (exact) mass is 257 g/mol. The lowest BCUT2D eigenvalue weighted by Crippen LogP contribution is -1.98. The van der Waals surface area contributed by atoms with Gasteiger partial charge in [-0.1, -0.05) is 0 Å². The van der Waals surface area contributed by atoms with E-state index in [1.54, 1.807) is 0 Å².